The third kappa shape index (κ3) is 2.68. The third-order valence-electron chi connectivity index (χ3n) is 3.29. The van der Waals surface area contributed by atoms with Gasteiger partial charge in [0.2, 0.25) is 5.88 Å². The molecule has 18 heavy (non-hydrogen) atoms. The fourth-order valence-corrected chi connectivity index (χ4v) is 2.40. The van der Waals surface area contributed by atoms with Crippen LogP contribution in [0.5, 0.6) is 5.88 Å². The van der Waals surface area contributed by atoms with Crippen LogP contribution in [-0.2, 0) is 0 Å². The van der Waals surface area contributed by atoms with Crippen LogP contribution in [0.1, 0.15) is 6.42 Å². The van der Waals surface area contributed by atoms with Gasteiger partial charge in [-0.25, -0.2) is 4.98 Å². The van der Waals surface area contributed by atoms with Crippen molar-refractivity contribution >= 4 is 17.3 Å². The van der Waals surface area contributed by atoms with E-state index in [1.54, 1.807) is 19.4 Å². The lowest BCUT2D eigenvalue weighted by atomic mass is 9.95. The summed E-state index contributed by atoms with van der Waals surface area (Å²) >= 11 is 6.13. The Bertz CT molecular complexity index is 416. The van der Waals surface area contributed by atoms with E-state index >= 15 is 0 Å². The van der Waals surface area contributed by atoms with E-state index in [4.69, 9.17) is 16.3 Å². The average Bonchev–Trinajstić information content (AvgIpc) is 2.40. The second-order valence-electron chi connectivity index (χ2n) is 4.42. The summed E-state index contributed by atoms with van der Waals surface area (Å²) in [6, 6.07) is 1.77. The fraction of sp³-hybridized carbons (Fsp3) is 0.583. The lowest BCUT2D eigenvalue weighted by molar-refractivity contribution is 0.0525. The first-order chi connectivity index (χ1) is 8.65. The Morgan fingerprint density at radius 3 is 3.06 bits per heavy atom. The summed E-state index contributed by atoms with van der Waals surface area (Å²) in [5, 5.41) is 19.5. The van der Waals surface area contributed by atoms with E-state index in [1.165, 1.54) is 0 Å². The minimum Gasteiger partial charge on any atom is -0.481 e. The maximum atomic E-state index is 9.75. The number of pyridine rings is 1. The molecule has 0 radical (unpaired) electrons. The minimum atomic E-state index is -0.450. The molecule has 1 fully saturated rings. The summed E-state index contributed by atoms with van der Waals surface area (Å²) in [5.41, 5.74) is 0.828. The standard InChI is InChI=1S/C12H17ClN2O3/c1-18-12-4-10(9(13)5-14-12)15-3-2-11(17)8(6-15)7-16/h4-5,8,11,16-17H,2-3,6-7H2,1H3. The van der Waals surface area contributed by atoms with E-state index in [2.05, 4.69) is 4.98 Å². The molecule has 0 aromatic carbocycles. The quantitative estimate of drug-likeness (QED) is 0.857. The summed E-state index contributed by atoms with van der Waals surface area (Å²) in [6.45, 7) is 1.24. The smallest absolute Gasteiger partial charge is 0.215 e. The van der Waals surface area contributed by atoms with E-state index in [0.717, 1.165) is 5.69 Å². The predicted octanol–water partition coefficient (Wildman–Crippen LogP) is 0.923. The Hall–Kier alpha value is -1.04. The molecule has 1 saturated heterocycles. The number of aliphatic hydroxyl groups excluding tert-OH is 2. The van der Waals surface area contributed by atoms with Crippen LogP contribution < -0.4 is 9.64 Å². The van der Waals surface area contributed by atoms with Crippen molar-refractivity contribution in [3.8, 4) is 5.88 Å². The molecule has 2 N–H and O–H groups in total. The molecule has 1 aromatic rings. The van der Waals surface area contributed by atoms with Gasteiger partial charge in [-0.3, -0.25) is 0 Å². The highest BCUT2D eigenvalue weighted by molar-refractivity contribution is 6.33. The van der Waals surface area contributed by atoms with E-state index < -0.39 is 6.10 Å². The zero-order chi connectivity index (χ0) is 13.1. The molecule has 1 aliphatic rings. The van der Waals surface area contributed by atoms with E-state index in [1.807, 2.05) is 4.90 Å². The minimum absolute atomic E-state index is 0.0303. The van der Waals surface area contributed by atoms with Crippen molar-refractivity contribution < 1.29 is 14.9 Å². The molecule has 5 nitrogen and oxygen atoms in total. The van der Waals surface area contributed by atoms with Crippen molar-refractivity contribution in [1.82, 2.24) is 4.98 Å². The number of halogens is 1. The number of aliphatic hydroxyl groups is 2. The number of hydrogen-bond acceptors (Lipinski definition) is 5. The molecular formula is C12H17ClN2O3. The van der Waals surface area contributed by atoms with Gasteiger partial charge in [0.05, 0.1) is 36.7 Å². The summed E-state index contributed by atoms with van der Waals surface area (Å²) in [7, 11) is 1.55. The van der Waals surface area contributed by atoms with Gasteiger partial charge in [-0.15, -0.1) is 0 Å². The fourth-order valence-electron chi connectivity index (χ4n) is 2.18. The van der Waals surface area contributed by atoms with Gasteiger partial charge in [0.25, 0.3) is 0 Å². The molecule has 0 bridgehead atoms. The van der Waals surface area contributed by atoms with Crippen LogP contribution in [0.25, 0.3) is 0 Å². The molecule has 2 rings (SSSR count). The van der Waals surface area contributed by atoms with Gasteiger partial charge in [0.15, 0.2) is 0 Å². The average molecular weight is 273 g/mol. The van der Waals surface area contributed by atoms with E-state index in [0.29, 0.717) is 30.4 Å². The molecule has 0 saturated carbocycles. The van der Waals surface area contributed by atoms with Crippen molar-refractivity contribution in [3.63, 3.8) is 0 Å². The van der Waals surface area contributed by atoms with Gasteiger partial charge in [0, 0.05) is 25.1 Å². The lowest BCUT2D eigenvalue weighted by Gasteiger charge is -2.37. The van der Waals surface area contributed by atoms with Crippen LogP contribution >= 0.6 is 11.6 Å². The zero-order valence-electron chi connectivity index (χ0n) is 10.2. The highest BCUT2D eigenvalue weighted by Gasteiger charge is 2.28. The Morgan fingerprint density at radius 2 is 2.39 bits per heavy atom. The number of aromatic nitrogens is 1. The normalized spacial score (nSPS) is 24.1. The molecule has 2 heterocycles. The van der Waals surface area contributed by atoms with Gasteiger partial charge in [-0.1, -0.05) is 11.6 Å². The molecule has 0 aliphatic carbocycles. The van der Waals surface area contributed by atoms with Crippen molar-refractivity contribution in [2.45, 2.75) is 12.5 Å². The first-order valence-corrected chi connectivity index (χ1v) is 6.27. The Kier molecular flexibility index (Phi) is 4.27. The van der Waals surface area contributed by atoms with Crippen molar-refractivity contribution in [1.29, 1.82) is 0 Å². The Balaban J connectivity index is 2.20. The van der Waals surface area contributed by atoms with Gasteiger partial charge in [-0.05, 0) is 6.42 Å². The van der Waals surface area contributed by atoms with Crippen LogP contribution in [0, 0.1) is 5.92 Å². The first kappa shape index (κ1) is 13.4. The van der Waals surface area contributed by atoms with E-state index in [-0.39, 0.29) is 12.5 Å². The monoisotopic (exact) mass is 272 g/mol. The highest BCUT2D eigenvalue weighted by atomic mass is 35.5. The first-order valence-electron chi connectivity index (χ1n) is 5.89. The topological polar surface area (TPSA) is 65.8 Å². The number of anilines is 1. The molecule has 1 aromatic heterocycles. The number of ether oxygens (including phenoxy) is 1. The highest BCUT2D eigenvalue weighted by Crippen LogP contribution is 2.31. The predicted molar refractivity (Wildman–Crippen MR) is 69.2 cm³/mol. The largest absolute Gasteiger partial charge is 0.481 e. The third-order valence-corrected chi connectivity index (χ3v) is 3.58. The van der Waals surface area contributed by atoms with Crippen molar-refractivity contribution in [2.75, 3.05) is 31.7 Å². The Labute approximate surface area is 111 Å². The number of piperidine rings is 1. The SMILES string of the molecule is COc1cc(N2CCC(O)C(CO)C2)c(Cl)cn1. The maximum Gasteiger partial charge on any atom is 0.215 e. The van der Waals surface area contributed by atoms with Crippen LogP contribution in [0.4, 0.5) is 5.69 Å². The van der Waals surface area contributed by atoms with Crippen LogP contribution in [0.3, 0.4) is 0 Å². The van der Waals surface area contributed by atoms with Gasteiger partial charge in [-0.2, -0.15) is 0 Å². The Morgan fingerprint density at radius 1 is 1.61 bits per heavy atom. The van der Waals surface area contributed by atoms with Gasteiger partial charge in [0.1, 0.15) is 0 Å². The van der Waals surface area contributed by atoms with Crippen molar-refractivity contribution in [3.05, 3.63) is 17.3 Å². The van der Waals surface area contributed by atoms with Crippen LogP contribution in [0.15, 0.2) is 12.3 Å². The van der Waals surface area contributed by atoms with E-state index in [9.17, 15) is 10.2 Å². The molecule has 2 unspecified atom stereocenters. The number of nitrogens with zero attached hydrogens (tertiary/aromatic N) is 2. The maximum absolute atomic E-state index is 9.75. The number of hydrogen-bond donors (Lipinski definition) is 2. The number of rotatable bonds is 3. The molecule has 1 aliphatic heterocycles. The van der Waals surface area contributed by atoms with Gasteiger partial charge < -0.3 is 19.8 Å². The number of methoxy groups -OCH3 is 1. The molecular weight excluding hydrogens is 256 g/mol. The molecule has 100 valence electrons. The lowest BCUT2D eigenvalue weighted by Crippen LogP contribution is -2.44. The second-order valence-corrected chi connectivity index (χ2v) is 4.83. The zero-order valence-corrected chi connectivity index (χ0v) is 11.0. The van der Waals surface area contributed by atoms with Crippen LogP contribution in [0.2, 0.25) is 5.02 Å². The summed E-state index contributed by atoms with van der Waals surface area (Å²) < 4.78 is 5.08. The summed E-state index contributed by atoms with van der Waals surface area (Å²) in [5.74, 6) is 0.357. The molecule has 6 heteroatoms. The summed E-state index contributed by atoms with van der Waals surface area (Å²) in [6.07, 6.45) is 1.72. The van der Waals surface area contributed by atoms with Crippen LogP contribution in [-0.4, -0.2) is 48.1 Å². The second kappa shape index (κ2) is 5.73. The summed E-state index contributed by atoms with van der Waals surface area (Å²) in [4.78, 5) is 6.07. The van der Waals surface area contributed by atoms with Crippen molar-refractivity contribution in [2.24, 2.45) is 5.92 Å². The molecule has 0 amide bonds. The molecule has 0 spiro atoms. The van der Waals surface area contributed by atoms with Gasteiger partial charge >= 0.3 is 0 Å². The molecule has 2 atom stereocenters.